The molecule has 0 saturated carbocycles. The molecule has 0 saturated heterocycles. The van der Waals surface area contributed by atoms with Crippen LogP contribution in [-0.4, -0.2) is 49.9 Å². The van der Waals surface area contributed by atoms with Crippen molar-refractivity contribution < 1.29 is 14.6 Å². The summed E-state index contributed by atoms with van der Waals surface area (Å²) in [5.74, 6) is 1.89. The maximum Gasteiger partial charge on any atom is 0.191 e. The Morgan fingerprint density at radius 3 is 2.65 bits per heavy atom. The van der Waals surface area contributed by atoms with Crippen LogP contribution >= 0.6 is 0 Å². The van der Waals surface area contributed by atoms with E-state index in [2.05, 4.69) is 51.9 Å². The van der Waals surface area contributed by atoms with Gasteiger partial charge < -0.3 is 30.2 Å². The van der Waals surface area contributed by atoms with Gasteiger partial charge in [-0.3, -0.25) is 4.99 Å². The Kier molecular flexibility index (Phi) is 7.78. The second-order valence-electron chi connectivity index (χ2n) is 7.39. The number of aromatic nitrogens is 1. The molecule has 31 heavy (non-hydrogen) atoms. The molecule has 0 aliphatic rings. The van der Waals surface area contributed by atoms with Crippen molar-refractivity contribution in [2.24, 2.45) is 4.99 Å². The number of H-pyrrole nitrogens is 1. The SMILES string of the molecule is CCNC(=NCC(O)c1ccc(OC)c(OC)c1)NCCc1c[nH]c2cc(C)ccc12. The van der Waals surface area contributed by atoms with E-state index in [1.54, 1.807) is 26.4 Å². The fraction of sp³-hybridized carbons (Fsp3) is 0.375. The highest BCUT2D eigenvalue weighted by atomic mass is 16.5. The molecule has 1 unspecified atom stereocenters. The average molecular weight is 425 g/mol. The maximum atomic E-state index is 10.6. The highest BCUT2D eigenvalue weighted by Crippen LogP contribution is 2.30. The first kappa shape index (κ1) is 22.5. The predicted molar refractivity (Wildman–Crippen MR) is 125 cm³/mol. The van der Waals surface area contributed by atoms with Crippen LogP contribution in [0.15, 0.2) is 47.6 Å². The number of nitrogens with zero attached hydrogens (tertiary/aromatic N) is 1. The van der Waals surface area contributed by atoms with Crippen molar-refractivity contribution in [3.63, 3.8) is 0 Å². The van der Waals surface area contributed by atoms with Gasteiger partial charge in [-0.1, -0.05) is 18.2 Å². The number of nitrogens with one attached hydrogen (secondary N) is 3. The van der Waals surface area contributed by atoms with Crippen LogP contribution in [0.4, 0.5) is 0 Å². The highest BCUT2D eigenvalue weighted by Gasteiger charge is 2.12. The molecule has 0 radical (unpaired) electrons. The van der Waals surface area contributed by atoms with Gasteiger partial charge in [0.2, 0.25) is 0 Å². The molecule has 7 heteroatoms. The lowest BCUT2D eigenvalue weighted by atomic mass is 10.1. The van der Waals surface area contributed by atoms with Crippen LogP contribution in [0.2, 0.25) is 0 Å². The number of ether oxygens (including phenoxy) is 2. The largest absolute Gasteiger partial charge is 0.493 e. The molecule has 2 aromatic carbocycles. The van der Waals surface area contributed by atoms with Crippen LogP contribution in [-0.2, 0) is 6.42 Å². The van der Waals surface area contributed by atoms with Crippen LogP contribution in [0.25, 0.3) is 10.9 Å². The summed E-state index contributed by atoms with van der Waals surface area (Å²) < 4.78 is 10.6. The quantitative estimate of drug-likeness (QED) is 0.312. The molecular weight excluding hydrogens is 392 g/mol. The minimum atomic E-state index is -0.743. The first-order valence-corrected chi connectivity index (χ1v) is 10.5. The molecule has 0 fully saturated rings. The summed E-state index contributed by atoms with van der Waals surface area (Å²) in [4.78, 5) is 7.89. The fourth-order valence-electron chi connectivity index (χ4n) is 3.51. The van der Waals surface area contributed by atoms with Crippen LogP contribution in [0.5, 0.6) is 11.5 Å². The summed E-state index contributed by atoms with van der Waals surface area (Å²) in [6.45, 7) is 5.82. The van der Waals surface area contributed by atoms with E-state index >= 15 is 0 Å². The van der Waals surface area contributed by atoms with Crippen molar-refractivity contribution in [3.05, 3.63) is 59.3 Å². The molecule has 0 aliphatic heterocycles. The molecule has 0 amide bonds. The summed E-state index contributed by atoms with van der Waals surface area (Å²) in [6, 6.07) is 11.8. The van der Waals surface area contributed by atoms with Crippen molar-refractivity contribution in [1.82, 2.24) is 15.6 Å². The number of hydrogen-bond acceptors (Lipinski definition) is 4. The second-order valence-corrected chi connectivity index (χ2v) is 7.39. The standard InChI is InChI=1S/C24H32N4O3/c1-5-25-24(26-11-10-18-14-27-20-12-16(2)6-8-19(18)20)28-15-21(29)17-7-9-22(30-3)23(13-17)31-4/h6-9,12-14,21,27,29H,5,10-11,15H2,1-4H3,(H2,25,26,28). The highest BCUT2D eigenvalue weighted by molar-refractivity contribution is 5.84. The number of rotatable bonds is 9. The molecule has 166 valence electrons. The van der Waals surface area contributed by atoms with Gasteiger partial charge in [-0.2, -0.15) is 0 Å². The van der Waals surface area contributed by atoms with Crippen molar-refractivity contribution >= 4 is 16.9 Å². The van der Waals surface area contributed by atoms with Crippen molar-refractivity contribution in [2.75, 3.05) is 33.9 Å². The minimum absolute atomic E-state index is 0.233. The van der Waals surface area contributed by atoms with Gasteiger partial charge in [0, 0.05) is 30.2 Å². The molecule has 3 rings (SSSR count). The average Bonchev–Trinajstić information content (AvgIpc) is 3.18. The lowest BCUT2D eigenvalue weighted by Crippen LogP contribution is -2.38. The summed E-state index contributed by atoms with van der Waals surface area (Å²) in [6.07, 6.45) is 2.19. The monoisotopic (exact) mass is 424 g/mol. The number of hydrogen-bond donors (Lipinski definition) is 4. The van der Waals surface area contributed by atoms with Crippen LogP contribution < -0.4 is 20.1 Å². The Morgan fingerprint density at radius 2 is 1.90 bits per heavy atom. The van der Waals surface area contributed by atoms with E-state index < -0.39 is 6.10 Å². The molecule has 1 aromatic heterocycles. The Bertz CT molecular complexity index is 1030. The van der Waals surface area contributed by atoms with E-state index in [1.807, 2.05) is 13.0 Å². The third-order valence-electron chi connectivity index (χ3n) is 5.17. The normalized spacial score (nSPS) is 12.6. The molecule has 0 aliphatic carbocycles. The van der Waals surface area contributed by atoms with Crippen molar-refractivity contribution in [1.29, 1.82) is 0 Å². The molecule has 0 spiro atoms. The van der Waals surface area contributed by atoms with E-state index in [0.29, 0.717) is 17.5 Å². The minimum Gasteiger partial charge on any atom is -0.493 e. The molecule has 0 bridgehead atoms. The van der Waals surface area contributed by atoms with E-state index in [4.69, 9.17) is 9.47 Å². The number of aliphatic hydroxyl groups is 1. The third kappa shape index (κ3) is 5.70. The number of aryl methyl sites for hydroxylation is 1. The lowest BCUT2D eigenvalue weighted by Gasteiger charge is -2.15. The van der Waals surface area contributed by atoms with Gasteiger partial charge in [-0.05, 0) is 55.2 Å². The zero-order valence-electron chi connectivity index (χ0n) is 18.7. The predicted octanol–water partition coefficient (Wildman–Crippen LogP) is 3.32. The van der Waals surface area contributed by atoms with Gasteiger partial charge in [0.15, 0.2) is 17.5 Å². The Hall–Kier alpha value is -3.19. The Labute approximate surface area is 183 Å². The summed E-state index contributed by atoms with van der Waals surface area (Å²) in [7, 11) is 3.16. The first-order valence-electron chi connectivity index (χ1n) is 10.5. The number of aromatic amines is 1. The van der Waals surface area contributed by atoms with Gasteiger partial charge >= 0.3 is 0 Å². The van der Waals surface area contributed by atoms with Crippen LogP contribution in [0.3, 0.4) is 0 Å². The van der Waals surface area contributed by atoms with Crippen molar-refractivity contribution in [3.8, 4) is 11.5 Å². The smallest absolute Gasteiger partial charge is 0.191 e. The summed E-state index contributed by atoms with van der Waals surface area (Å²) in [5, 5.41) is 18.4. The number of aliphatic imine (C=N–C) groups is 1. The molecule has 4 N–H and O–H groups in total. The molecule has 3 aromatic rings. The van der Waals surface area contributed by atoms with Gasteiger partial charge in [0.05, 0.1) is 26.9 Å². The van der Waals surface area contributed by atoms with E-state index in [-0.39, 0.29) is 6.54 Å². The third-order valence-corrected chi connectivity index (χ3v) is 5.17. The molecule has 7 nitrogen and oxygen atoms in total. The maximum absolute atomic E-state index is 10.6. The Balaban J connectivity index is 1.60. The van der Waals surface area contributed by atoms with Gasteiger partial charge in [-0.15, -0.1) is 0 Å². The topological polar surface area (TPSA) is 90.9 Å². The number of guanidine groups is 1. The van der Waals surface area contributed by atoms with Crippen molar-refractivity contribution in [2.45, 2.75) is 26.4 Å². The Morgan fingerprint density at radius 1 is 1.10 bits per heavy atom. The van der Waals surface area contributed by atoms with E-state index in [9.17, 15) is 5.11 Å². The first-order chi connectivity index (χ1) is 15.0. The number of methoxy groups -OCH3 is 2. The lowest BCUT2D eigenvalue weighted by molar-refractivity contribution is 0.186. The van der Waals surface area contributed by atoms with Gasteiger partial charge in [0.1, 0.15) is 0 Å². The number of fused-ring (bicyclic) bond motifs is 1. The molecular formula is C24H32N4O3. The van der Waals surface area contributed by atoms with Gasteiger partial charge in [0.25, 0.3) is 0 Å². The molecule has 1 heterocycles. The molecule has 1 atom stereocenters. The number of aliphatic hydroxyl groups excluding tert-OH is 1. The van der Waals surface area contributed by atoms with Crippen LogP contribution in [0.1, 0.15) is 29.7 Å². The number of benzene rings is 2. The van der Waals surface area contributed by atoms with E-state index in [0.717, 1.165) is 30.6 Å². The summed E-state index contributed by atoms with van der Waals surface area (Å²) in [5.41, 5.74) is 4.40. The fourth-order valence-corrected chi connectivity index (χ4v) is 3.51. The zero-order chi connectivity index (χ0) is 22.2. The zero-order valence-corrected chi connectivity index (χ0v) is 18.7. The second kappa shape index (κ2) is 10.7. The summed E-state index contributed by atoms with van der Waals surface area (Å²) >= 11 is 0. The van der Waals surface area contributed by atoms with E-state index in [1.165, 1.54) is 16.5 Å². The van der Waals surface area contributed by atoms with Gasteiger partial charge in [-0.25, -0.2) is 0 Å². The van der Waals surface area contributed by atoms with Crippen LogP contribution in [0, 0.1) is 6.92 Å².